The van der Waals surface area contributed by atoms with E-state index in [-0.39, 0.29) is 21.9 Å². The topological polar surface area (TPSA) is 98.5 Å². The normalized spacial score (nSPS) is 11.0. The number of anilines is 1. The molecule has 0 atom stereocenters. The zero-order valence-corrected chi connectivity index (χ0v) is 25.3. The minimum atomic E-state index is 0.106. The predicted octanol–water partition coefficient (Wildman–Crippen LogP) is 6.82. The monoisotopic (exact) mass is 571 g/mol. The van der Waals surface area contributed by atoms with Crippen LogP contribution in [0.2, 0.25) is 5.02 Å². The van der Waals surface area contributed by atoms with Crippen LogP contribution in [-0.2, 0) is 0 Å². The molecule has 212 valence electrons. The van der Waals surface area contributed by atoms with Gasteiger partial charge in [0.1, 0.15) is 28.3 Å². The molecule has 0 aliphatic carbocycles. The van der Waals surface area contributed by atoms with Crippen LogP contribution in [0.3, 0.4) is 0 Å². The molecule has 0 spiro atoms. The Balaban J connectivity index is 2.35. The number of nitrogens with two attached hydrogens (primary N) is 1. The molecular weight excluding hydrogens is 530 g/mol. The molecule has 2 aromatic rings. The number of benzene rings is 2. The third kappa shape index (κ3) is 9.51. The van der Waals surface area contributed by atoms with Crippen molar-refractivity contribution >= 4 is 29.1 Å². The number of rotatable bonds is 18. The van der Waals surface area contributed by atoms with Gasteiger partial charge in [0.15, 0.2) is 11.5 Å². The maximum atomic E-state index is 10.1. The van der Waals surface area contributed by atoms with Gasteiger partial charge in [0.2, 0.25) is 0 Å². The van der Waals surface area contributed by atoms with E-state index in [9.17, 15) is 10.5 Å². The highest BCUT2D eigenvalue weighted by molar-refractivity contribution is 7.99. The van der Waals surface area contributed by atoms with Gasteiger partial charge in [-0.25, -0.2) is 0 Å². The molecule has 0 fully saturated rings. The zero-order chi connectivity index (χ0) is 28.6. The Morgan fingerprint density at radius 2 is 1.28 bits per heavy atom. The number of nitrogen functional groups attached to an aromatic ring is 1. The number of nitrogens with zero attached hydrogens (tertiary/aromatic N) is 4. The van der Waals surface area contributed by atoms with Crippen molar-refractivity contribution in [1.29, 1.82) is 10.5 Å². The Bertz CT molecular complexity index is 1120. The van der Waals surface area contributed by atoms with Crippen molar-refractivity contribution < 1.29 is 9.47 Å². The van der Waals surface area contributed by atoms with E-state index in [2.05, 4.69) is 49.6 Å². The number of para-hydroxylation sites is 1. The molecule has 39 heavy (non-hydrogen) atoms. The number of halogens is 1. The summed E-state index contributed by atoms with van der Waals surface area (Å²) >= 11 is 8.24. The second-order valence-electron chi connectivity index (χ2n) is 9.08. The zero-order valence-electron chi connectivity index (χ0n) is 23.8. The van der Waals surface area contributed by atoms with E-state index in [0.29, 0.717) is 29.5 Å². The average Bonchev–Trinajstić information content (AvgIpc) is 2.95. The van der Waals surface area contributed by atoms with Crippen LogP contribution in [0.5, 0.6) is 11.5 Å². The van der Waals surface area contributed by atoms with E-state index >= 15 is 0 Å². The van der Waals surface area contributed by atoms with E-state index in [1.807, 2.05) is 24.3 Å². The SMILES string of the molecule is CCN(CC)CCCCOc1c(Cl)c(Sc2ccccc2N)c(OCCCCN(CC)CC)c(C#N)c1C#N. The molecule has 0 radical (unpaired) electrons. The van der Waals surface area contributed by atoms with Crippen LogP contribution in [-0.4, -0.2) is 62.3 Å². The lowest BCUT2D eigenvalue weighted by atomic mass is 10.1. The Morgan fingerprint density at radius 3 is 1.77 bits per heavy atom. The quantitative estimate of drug-likeness (QED) is 0.154. The summed E-state index contributed by atoms with van der Waals surface area (Å²) in [4.78, 5) is 6.03. The third-order valence-electron chi connectivity index (χ3n) is 6.68. The van der Waals surface area contributed by atoms with Crippen molar-refractivity contribution in [2.75, 3.05) is 58.2 Å². The number of nitriles is 2. The summed E-state index contributed by atoms with van der Waals surface area (Å²) < 4.78 is 12.3. The largest absolute Gasteiger partial charge is 0.491 e. The highest BCUT2D eigenvalue weighted by Gasteiger charge is 2.27. The van der Waals surface area contributed by atoms with E-state index < -0.39 is 0 Å². The first-order valence-electron chi connectivity index (χ1n) is 13.9. The first-order chi connectivity index (χ1) is 18.9. The summed E-state index contributed by atoms with van der Waals surface area (Å²) in [5.41, 5.74) is 7.06. The van der Waals surface area contributed by atoms with Crippen LogP contribution in [0.25, 0.3) is 0 Å². The lowest BCUT2D eigenvalue weighted by Crippen LogP contribution is -2.24. The Kier molecular flexibility index (Phi) is 14.9. The maximum absolute atomic E-state index is 10.1. The van der Waals surface area contributed by atoms with Gasteiger partial charge >= 0.3 is 0 Å². The van der Waals surface area contributed by atoms with Gasteiger partial charge in [0.25, 0.3) is 0 Å². The molecule has 0 aromatic heterocycles. The Labute approximate surface area is 243 Å². The summed E-state index contributed by atoms with van der Waals surface area (Å²) in [6.07, 6.45) is 3.54. The molecule has 7 nitrogen and oxygen atoms in total. The van der Waals surface area contributed by atoms with Crippen molar-refractivity contribution in [3.63, 3.8) is 0 Å². The van der Waals surface area contributed by atoms with Crippen LogP contribution in [0.1, 0.15) is 64.5 Å². The number of unbranched alkanes of at least 4 members (excludes halogenated alkanes) is 2. The van der Waals surface area contributed by atoms with Gasteiger partial charge in [-0.2, -0.15) is 10.5 Å². The standard InChI is InChI=1S/C30H42ClN5O2S/c1-5-35(6-2)17-11-13-19-37-28-23(21-32)24(22-33)29(38-20-14-12-18-36(7-3)8-4)30(27(28)31)39-26-16-10-9-15-25(26)34/h9-10,15-16H,5-8,11-14,17-20,34H2,1-4H3. The lowest BCUT2D eigenvalue weighted by molar-refractivity contribution is 0.259. The number of ether oxygens (including phenoxy) is 2. The van der Waals surface area contributed by atoms with Gasteiger partial charge in [-0.3, -0.25) is 0 Å². The van der Waals surface area contributed by atoms with Crippen LogP contribution in [0.15, 0.2) is 34.1 Å². The highest BCUT2D eigenvalue weighted by atomic mass is 35.5. The lowest BCUT2D eigenvalue weighted by Gasteiger charge is -2.21. The first-order valence-corrected chi connectivity index (χ1v) is 15.1. The van der Waals surface area contributed by atoms with Crippen molar-refractivity contribution in [3.8, 4) is 23.6 Å². The van der Waals surface area contributed by atoms with Crippen molar-refractivity contribution in [1.82, 2.24) is 9.80 Å². The minimum Gasteiger partial charge on any atom is -0.491 e. The molecule has 2 aromatic carbocycles. The Morgan fingerprint density at radius 1 is 0.795 bits per heavy atom. The summed E-state index contributed by atoms with van der Waals surface area (Å²) in [5.74, 6) is 0.536. The van der Waals surface area contributed by atoms with Crippen LogP contribution >= 0.6 is 23.4 Å². The minimum absolute atomic E-state index is 0.106. The van der Waals surface area contributed by atoms with Crippen LogP contribution in [0.4, 0.5) is 5.69 Å². The summed E-state index contributed by atoms with van der Waals surface area (Å²) in [5, 5.41) is 20.4. The Hall–Kier alpha value is -2.62. The van der Waals surface area contributed by atoms with E-state index in [1.165, 1.54) is 11.8 Å². The van der Waals surface area contributed by atoms with Gasteiger partial charge in [0.05, 0.1) is 18.1 Å². The molecule has 2 N–H and O–H groups in total. The first kappa shape index (κ1) is 32.6. The van der Waals surface area contributed by atoms with Gasteiger partial charge in [0, 0.05) is 10.6 Å². The van der Waals surface area contributed by atoms with Crippen LogP contribution < -0.4 is 15.2 Å². The molecule has 0 saturated heterocycles. The van der Waals surface area contributed by atoms with Gasteiger partial charge in [-0.15, -0.1) is 0 Å². The third-order valence-corrected chi connectivity index (χ3v) is 8.34. The average molecular weight is 572 g/mol. The van der Waals surface area contributed by atoms with E-state index in [1.54, 1.807) is 0 Å². The summed E-state index contributed by atoms with van der Waals surface area (Å²) in [7, 11) is 0. The smallest absolute Gasteiger partial charge is 0.158 e. The molecular formula is C30H42ClN5O2S. The fourth-order valence-electron chi connectivity index (χ4n) is 4.22. The number of hydrogen-bond acceptors (Lipinski definition) is 8. The van der Waals surface area contributed by atoms with Gasteiger partial charge < -0.3 is 25.0 Å². The van der Waals surface area contributed by atoms with Gasteiger partial charge in [-0.1, -0.05) is 63.2 Å². The van der Waals surface area contributed by atoms with Crippen molar-refractivity contribution in [2.24, 2.45) is 0 Å². The van der Waals surface area contributed by atoms with Gasteiger partial charge in [-0.05, 0) is 77.1 Å². The molecule has 0 amide bonds. The molecule has 0 heterocycles. The molecule has 0 aliphatic heterocycles. The molecule has 0 aliphatic rings. The van der Waals surface area contributed by atoms with E-state index in [4.69, 9.17) is 26.8 Å². The fourth-order valence-corrected chi connectivity index (χ4v) is 5.56. The molecule has 0 unspecified atom stereocenters. The molecule has 9 heteroatoms. The second kappa shape index (κ2) is 17.9. The van der Waals surface area contributed by atoms with Crippen LogP contribution in [0, 0.1) is 22.7 Å². The predicted molar refractivity (Wildman–Crippen MR) is 161 cm³/mol. The fraction of sp³-hybridized carbons (Fsp3) is 0.533. The summed E-state index contributed by atoms with van der Waals surface area (Å²) in [6, 6.07) is 11.8. The van der Waals surface area contributed by atoms with E-state index in [0.717, 1.165) is 69.8 Å². The molecule has 0 saturated carbocycles. The maximum Gasteiger partial charge on any atom is 0.158 e. The highest BCUT2D eigenvalue weighted by Crippen LogP contribution is 2.49. The van der Waals surface area contributed by atoms with Crippen molar-refractivity contribution in [3.05, 3.63) is 40.4 Å². The van der Waals surface area contributed by atoms with Crippen molar-refractivity contribution in [2.45, 2.75) is 63.2 Å². The number of hydrogen-bond donors (Lipinski definition) is 1. The second-order valence-corrected chi connectivity index (χ2v) is 10.5. The summed E-state index contributed by atoms with van der Waals surface area (Å²) in [6.45, 7) is 15.4. The molecule has 2 rings (SSSR count). The molecule has 0 bridgehead atoms.